The van der Waals surface area contributed by atoms with Crippen molar-refractivity contribution in [2.75, 3.05) is 24.6 Å². The molecule has 2 rings (SSSR count). The fourth-order valence-electron chi connectivity index (χ4n) is 1.61. The predicted molar refractivity (Wildman–Crippen MR) is 67.7 cm³/mol. The molecule has 1 atom stereocenters. The largest absolute Gasteiger partial charge is 0.311 e. The molecule has 3 nitrogen and oxygen atoms in total. The van der Waals surface area contributed by atoms with Crippen LogP contribution < -0.4 is 10.6 Å². The normalized spacial score (nSPS) is 21.8. The van der Waals surface area contributed by atoms with Crippen molar-refractivity contribution >= 4 is 23.1 Å². The number of nitrogens with zero attached hydrogens (tertiary/aromatic N) is 1. The lowest BCUT2D eigenvalue weighted by molar-refractivity contribution is 0.515. The van der Waals surface area contributed by atoms with Crippen LogP contribution in [0.15, 0.2) is 6.20 Å². The highest BCUT2D eigenvalue weighted by Crippen LogP contribution is 2.11. The van der Waals surface area contributed by atoms with Gasteiger partial charge in [0.05, 0.1) is 5.01 Å². The van der Waals surface area contributed by atoms with E-state index in [1.54, 1.807) is 11.3 Å². The van der Waals surface area contributed by atoms with Gasteiger partial charge in [-0.3, -0.25) is 0 Å². The van der Waals surface area contributed by atoms with Gasteiger partial charge in [-0.25, -0.2) is 4.98 Å². The van der Waals surface area contributed by atoms with Crippen LogP contribution in [0.5, 0.6) is 0 Å². The van der Waals surface area contributed by atoms with Crippen LogP contribution in [0.25, 0.3) is 0 Å². The van der Waals surface area contributed by atoms with Crippen LogP contribution >= 0.6 is 23.1 Å². The van der Waals surface area contributed by atoms with Crippen molar-refractivity contribution in [1.29, 1.82) is 0 Å². The van der Waals surface area contributed by atoms with E-state index in [0.717, 1.165) is 24.6 Å². The maximum Gasteiger partial charge on any atom is 0.0897 e. The van der Waals surface area contributed by atoms with Crippen molar-refractivity contribution in [2.24, 2.45) is 0 Å². The summed E-state index contributed by atoms with van der Waals surface area (Å²) in [5, 5.41) is 8.15. The lowest BCUT2D eigenvalue weighted by atomic mass is 10.3. The second-order valence-corrected chi connectivity index (χ2v) is 6.17. The van der Waals surface area contributed by atoms with Crippen LogP contribution in [-0.2, 0) is 6.54 Å². The molecule has 1 saturated heterocycles. The molecule has 5 heteroatoms. The number of rotatable bonds is 4. The number of hydrogen-bond donors (Lipinski definition) is 2. The highest BCUT2D eigenvalue weighted by molar-refractivity contribution is 7.99. The van der Waals surface area contributed by atoms with Gasteiger partial charge in [-0.2, -0.15) is 11.8 Å². The fourth-order valence-corrected chi connectivity index (χ4v) is 3.32. The Labute approximate surface area is 99.1 Å². The molecular weight excluding hydrogens is 226 g/mol. The molecule has 1 unspecified atom stereocenters. The fraction of sp³-hybridized carbons (Fsp3) is 0.700. The van der Waals surface area contributed by atoms with Gasteiger partial charge < -0.3 is 10.6 Å². The highest BCUT2D eigenvalue weighted by atomic mass is 32.2. The molecule has 1 aromatic heterocycles. The molecule has 1 aliphatic heterocycles. The molecule has 84 valence electrons. The molecular formula is C10H17N3S2. The topological polar surface area (TPSA) is 37.0 Å². The molecule has 2 heterocycles. The minimum absolute atomic E-state index is 0.637. The van der Waals surface area contributed by atoms with Crippen LogP contribution in [0.3, 0.4) is 0 Å². The van der Waals surface area contributed by atoms with Crippen molar-refractivity contribution in [3.63, 3.8) is 0 Å². The first-order valence-corrected chi connectivity index (χ1v) is 7.25. The second-order valence-electron chi connectivity index (χ2n) is 3.70. The zero-order valence-corrected chi connectivity index (χ0v) is 10.6. The van der Waals surface area contributed by atoms with Crippen LogP contribution in [0.4, 0.5) is 0 Å². The first-order chi connectivity index (χ1) is 7.34. The monoisotopic (exact) mass is 243 g/mol. The summed E-state index contributed by atoms with van der Waals surface area (Å²) in [4.78, 5) is 5.57. The Balaban J connectivity index is 1.65. The summed E-state index contributed by atoms with van der Waals surface area (Å²) in [5.74, 6) is 2.49. The summed E-state index contributed by atoms with van der Waals surface area (Å²) in [6, 6.07) is 0.637. The molecule has 0 bridgehead atoms. The number of aromatic nitrogens is 1. The van der Waals surface area contributed by atoms with Crippen molar-refractivity contribution in [3.8, 4) is 0 Å². The smallest absolute Gasteiger partial charge is 0.0897 e. The summed E-state index contributed by atoms with van der Waals surface area (Å²) < 4.78 is 0. The highest BCUT2D eigenvalue weighted by Gasteiger charge is 2.11. The van der Waals surface area contributed by atoms with Gasteiger partial charge in [-0.15, -0.1) is 11.3 Å². The summed E-state index contributed by atoms with van der Waals surface area (Å²) in [5.41, 5.74) is 0. The minimum atomic E-state index is 0.637. The summed E-state index contributed by atoms with van der Waals surface area (Å²) >= 11 is 3.82. The minimum Gasteiger partial charge on any atom is -0.311 e. The third-order valence-corrected chi connectivity index (χ3v) is 4.40. The van der Waals surface area contributed by atoms with Gasteiger partial charge in [0, 0.05) is 48.3 Å². The Kier molecular flexibility index (Phi) is 4.43. The molecule has 1 aromatic rings. The number of nitrogens with one attached hydrogen (secondary N) is 2. The maximum absolute atomic E-state index is 4.24. The van der Waals surface area contributed by atoms with Crippen LogP contribution in [-0.4, -0.2) is 35.6 Å². The second kappa shape index (κ2) is 5.84. The predicted octanol–water partition coefficient (Wildman–Crippen LogP) is 1.25. The van der Waals surface area contributed by atoms with E-state index in [1.807, 2.05) is 24.9 Å². The van der Waals surface area contributed by atoms with Crippen molar-refractivity contribution in [2.45, 2.75) is 19.5 Å². The molecule has 0 amide bonds. The Morgan fingerprint density at radius 3 is 3.27 bits per heavy atom. The Morgan fingerprint density at radius 1 is 1.67 bits per heavy atom. The molecule has 0 radical (unpaired) electrons. The Hall–Kier alpha value is -0.100. The van der Waals surface area contributed by atoms with Gasteiger partial charge in [0.1, 0.15) is 0 Å². The van der Waals surface area contributed by atoms with Gasteiger partial charge >= 0.3 is 0 Å². The van der Waals surface area contributed by atoms with Crippen LogP contribution in [0.2, 0.25) is 0 Å². The molecule has 0 saturated carbocycles. The zero-order chi connectivity index (χ0) is 10.5. The van der Waals surface area contributed by atoms with Crippen LogP contribution in [0.1, 0.15) is 9.88 Å². The SMILES string of the molecule is Cc1ncc(CNCC2CSCCN2)s1. The molecule has 0 aromatic carbocycles. The molecule has 1 fully saturated rings. The summed E-state index contributed by atoms with van der Waals surface area (Å²) in [6.45, 7) is 5.21. The van der Waals surface area contributed by atoms with Gasteiger partial charge in [0.2, 0.25) is 0 Å². The van der Waals surface area contributed by atoms with Crippen LogP contribution in [0, 0.1) is 6.92 Å². The van der Waals surface area contributed by atoms with E-state index < -0.39 is 0 Å². The molecule has 0 spiro atoms. The third kappa shape index (κ3) is 3.75. The average molecular weight is 243 g/mol. The number of hydrogen-bond acceptors (Lipinski definition) is 5. The number of thiazole rings is 1. The van der Waals surface area contributed by atoms with E-state index >= 15 is 0 Å². The van der Waals surface area contributed by atoms with Gasteiger partial charge in [0.25, 0.3) is 0 Å². The van der Waals surface area contributed by atoms with E-state index in [4.69, 9.17) is 0 Å². The standard InChI is InChI=1S/C10H17N3S2/c1-8-13-6-10(15-8)5-11-4-9-7-14-3-2-12-9/h6,9,11-12H,2-5,7H2,1H3. The van der Waals surface area contributed by atoms with E-state index in [0.29, 0.717) is 6.04 Å². The van der Waals surface area contributed by atoms with Gasteiger partial charge in [-0.05, 0) is 6.92 Å². The first kappa shape index (κ1) is 11.4. The molecule has 15 heavy (non-hydrogen) atoms. The summed E-state index contributed by atoms with van der Waals surface area (Å²) in [6.07, 6.45) is 1.97. The van der Waals surface area contributed by atoms with E-state index in [-0.39, 0.29) is 0 Å². The number of thioether (sulfide) groups is 1. The maximum atomic E-state index is 4.24. The molecule has 1 aliphatic rings. The zero-order valence-electron chi connectivity index (χ0n) is 8.95. The Bertz CT molecular complexity index is 295. The van der Waals surface area contributed by atoms with Gasteiger partial charge in [-0.1, -0.05) is 0 Å². The molecule has 2 N–H and O–H groups in total. The quantitative estimate of drug-likeness (QED) is 0.834. The first-order valence-electron chi connectivity index (χ1n) is 5.28. The van der Waals surface area contributed by atoms with Gasteiger partial charge in [0.15, 0.2) is 0 Å². The van der Waals surface area contributed by atoms with Crippen molar-refractivity contribution < 1.29 is 0 Å². The van der Waals surface area contributed by atoms with E-state index in [1.165, 1.54) is 16.4 Å². The summed E-state index contributed by atoms with van der Waals surface area (Å²) in [7, 11) is 0. The lowest BCUT2D eigenvalue weighted by Crippen LogP contribution is -2.44. The number of aryl methyl sites for hydroxylation is 1. The average Bonchev–Trinajstić information content (AvgIpc) is 2.66. The van der Waals surface area contributed by atoms with Crippen molar-refractivity contribution in [1.82, 2.24) is 15.6 Å². The molecule has 0 aliphatic carbocycles. The van der Waals surface area contributed by atoms with E-state index in [2.05, 4.69) is 15.6 Å². The van der Waals surface area contributed by atoms with Crippen molar-refractivity contribution in [3.05, 3.63) is 16.1 Å². The van der Waals surface area contributed by atoms with E-state index in [9.17, 15) is 0 Å². The Morgan fingerprint density at radius 2 is 2.60 bits per heavy atom. The lowest BCUT2D eigenvalue weighted by Gasteiger charge is -2.23. The third-order valence-electron chi connectivity index (χ3n) is 2.36.